The van der Waals surface area contributed by atoms with Gasteiger partial charge in [-0.05, 0) is 129 Å². The molecule has 0 saturated carbocycles. The largest absolute Gasteiger partial charge is 0.507 e. The molecule has 0 atom stereocenters. The third-order valence-electron chi connectivity index (χ3n) is 15.2. The summed E-state index contributed by atoms with van der Waals surface area (Å²) in [4.78, 5) is 12.9. The van der Waals surface area contributed by atoms with Gasteiger partial charge in [0.25, 0.3) is 0 Å². The number of hydrogen-bond donors (Lipinski definition) is 1. The molecule has 394 valence electrons. The van der Waals surface area contributed by atoms with Crippen molar-refractivity contribution in [2.24, 2.45) is 0 Å². The first-order valence-electron chi connectivity index (χ1n) is 27.0. The predicted octanol–water partition coefficient (Wildman–Crippen LogP) is 19.1. The minimum Gasteiger partial charge on any atom is -0.507 e. The molecular weight excluding hydrogens is 1150 g/mol. The Bertz CT molecular complexity index is 4160. The molecular formula is C72H64N5OPt-. The monoisotopic (exact) mass is 1210 g/mol. The van der Waals surface area contributed by atoms with Crippen molar-refractivity contribution in [1.29, 1.82) is 0 Å². The molecule has 6 nitrogen and oxygen atoms in total. The molecule has 0 aliphatic carbocycles. The molecule has 7 heteroatoms. The van der Waals surface area contributed by atoms with E-state index in [2.05, 4.69) is 270 Å². The molecule has 0 bridgehead atoms. The molecule has 0 unspecified atom stereocenters. The number of rotatable bonds is 9. The molecule has 3 aromatic heterocycles. The van der Waals surface area contributed by atoms with Gasteiger partial charge in [0.1, 0.15) is 11.6 Å². The van der Waals surface area contributed by atoms with E-state index in [9.17, 15) is 5.11 Å². The van der Waals surface area contributed by atoms with Crippen molar-refractivity contribution in [3.05, 3.63) is 241 Å². The average Bonchev–Trinajstić information content (AvgIpc) is 4.03. The van der Waals surface area contributed by atoms with Crippen LogP contribution in [0.15, 0.2) is 219 Å². The van der Waals surface area contributed by atoms with Crippen LogP contribution in [-0.4, -0.2) is 24.2 Å². The zero-order chi connectivity index (χ0) is 54.1. The fourth-order valence-electron chi connectivity index (χ4n) is 10.9. The number of pyridine rings is 1. The summed E-state index contributed by atoms with van der Waals surface area (Å²) in [6.45, 7) is 20.3. The van der Waals surface area contributed by atoms with Crippen LogP contribution < -0.4 is 4.90 Å². The number of nitrogens with zero attached hydrogens (tertiary/aromatic N) is 5. The van der Waals surface area contributed by atoms with E-state index in [0.717, 1.165) is 89.6 Å². The summed E-state index contributed by atoms with van der Waals surface area (Å²) in [5, 5.41) is 13.9. The molecule has 79 heavy (non-hydrogen) atoms. The third kappa shape index (κ3) is 10.00. The molecule has 0 aliphatic rings. The number of anilines is 3. The average molecular weight is 1210 g/mol. The van der Waals surface area contributed by atoms with Gasteiger partial charge in [-0.3, -0.25) is 9.55 Å². The normalized spacial score (nSPS) is 12.1. The second-order valence-corrected chi connectivity index (χ2v) is 23.7. The van der Waals surface area contributed by atoms with Crippen LogP contribution in [0.2, 0.25) is 0 Å². The molecule has 0 radical (unpaired) electrons. The first-order valence-corrected chi connectivity index (χ1v) is 27.0. The van der Waals surface area contributed by atoms with Crippen LogP contribution in [0.5, 0.6) is 5.75 Å². The number of phenols is 1. The summed E-state index contributed by atoms with van der Waals surface area (Å²) in [7, 11) is 0. The first-order chi connectivity index (χ1) is 37.5. The van der Waals surface area contributed by atoms with E-state index in [0.29, 0.717) is 11.4 Å². The molecule has 0 fully saturated rings. The molecule has 0 saturated heterocycles. The van der Waals surface area contributed by atoms with E-state index in [4.69, 9.17) is 9.97 Å². The number of aromatic hydroxyl groups is 1. The smallest absolute Gasteiger partial charge is 0.148 e. The van der Waals surface area contributed by atoms with E-state index in [-0.39, 0.29) is 43.1 Å². The van der Waals surface area contributed by atoms with E-state index in [1.807, 2.05) is 24.4 Å². The van der Waals surface area contributed by atoms with Gasteiger partial charge in [-0.1, -0.05) is 183 Å². The van der Waals surface area contributed by atoms with Crippen LogP contribution in [-0.2, 0) is 37.3 Å². The fraction of sp³-hybridized carbons (Fsp3) is 0.167. The second kappa shape index (κ2) is 20.5. The maximum atomic E-state index is 11.5. The Labute approximate surface area is 479 Å². The van der Waals surface area contributed by atoms with Crippen LogP contribution in [0.25, 0.3) is 89.1 Å². The van der Waals surface area contributed by atoms with Crippen molar-refractivity contribution < 1.29 is 26.2 Å². The van der Waals surface area contributed by atoms with Crippen molar-refractivity contribution in [1.82, 2.24) is 19.1 Å². The van der Waals surface area contributed by atoms with Gasteiger partial charge in [-0.2, -0.15) is 0 Å². The zero-order valence-electron chi connectivity index (χ0n) is 46.3. The molecule has 12 aromatic rings. The number of fused-ring (bicyclic) bond motifs is 4. The van der Waals surface area contributed by atoms with E-state index >= 15 is 0 Å². The summed E-state index contributed by atoms with van der Waals surface area (Å²) in [6.07, 6.45) is 1.92. The summed E-state index contributed by atoms with van der Waals surface area (Å²) in [6, 6.07) is 79.1. The van der Waals surface area contributed by atoms with Crippen molar-refractivity contribution in [2.75, 3.05) is 4.90 Å². The van der Waals surface area contributed by atoms with Gasteiger partial charge in [-0.25, -0.2) is 4.98 Å². The number of imidazole rings is 1. The molecule has 0 amide bonds. The number of para-hydroxylation sites is 5. The van der Waals surface area contributed by atoms with Crippen LogP contribution >= 0.6 is 0 Å². The fourth-order valence-corrected chi connectivity index (χ4v) is 10.9. The van der Waals surface area contributed by atoms with Crippen molar-refractivity contribution in [3.8, 4) is 62.0 Å². The van der Waals surface area contributed by atoms with Gasteiger partial charge < -0.3 is 14.6 Å². The Morgan fingerprint density at radius 1 is 0.430 bits per heavy atom. The Kier molecular flexibility index (Phi) is 13.7. The number of phenolic OH excluding ortho intramolecular Hbond substituents is 1. The standard InChI is InChI=1S/C72H64N5O.Pt/c1-70(2,3)51-39-49(59-30-21-32-65-68(59)74-69(62-29-17-19-33-67(62)78)77(65)58-44-52(71(4,5)6)43-53(45-58)72(7,8)9)38-50(40-51)63-41-48(36-37-73-63)47-34-35-61-60-28-16-18-31-64(60)76(66(61)42-47)57-27-20-26-56(46-57)75(54-22-12-10-13-23-54)55-24-14-11-15-25-55;/h10-37,39-46,78H,1-9H3;/q-1;. The van der Waals surface area contributed by atoms with Crippen molar-refractivity contribution in [3.63, 3.8) is 0 Å². The van der Waals surface area contributed by atoms with Gasteiger partial charge in [0, 0.05) is 72.2 Å². The number of benzene rings is 9. The summed E-state index contributed by atoms with van der Waals surface area (Å²) in [5.74, 6) is 0.852. The Morgan fingerprint density at radius 2 is 0.987 bits per heavy atom. The van der Waals surface area contributed by atoms with Crippen molar-refractivity contribution >= 4 is 49.9 Å². The quantitative estimate of drug-likeness (QED) is 0.146. The van der Waals surface area contributed by atoms with E-state index < -0.39 is 0 Å². The van der Waals surface area contributed by atoms with Crippen LogP contribution in [0.3, 0.4) is 0 Å². The second-order valence-electron chi connectivity index (χ2n) is 23.7. The number of aromatic nitrogens is 4. The topological polar surface area (TPSA) is 59.1 Å². The molecule has 12 rings (SSSR count). The minimum atomic E-state index is -0.198. The minimum absolute atomic E-state index is 0. The van der Waals surface area contributed by atoms with E-state index in [1.165, 1.54) is 21.9 Å². The molecule has 3 heterocycles. The van der Waals surface area contributed by atoms with Gasteiger partial charge in [-0.15, -0.1) is 29.3 Å². The Balaban J connectivity index is 0.00000660. The van der Waals surface area contributed by atoms with Crippen LogP contribution in [0.4, 0.5) is 17.1 Å². The van der Waals surface area contributed by atoms with Crippen LogP contribution in [0.1, 0.15) is 79.0 Å². The van der Waals surface area contributed by atoms with Crippen LogP contribution in [0, 0.1) is 6.07 Å². The van der Waals surface area contributed by atoms with E-state index in [1.54, 1.807) is 6.07 Å². The third-order valence-corrected chi connectivity index (χ3v) is 15.2. The van der Waals surface area contributed by atoms with Gasteiger partial charge in [0.05, 0.1) is 27.6 Å². The Hall–Kier alpha value is -8.31. The van der Waals surface area contributed by atoms with Gasteiger partial charge >= 0.3 is 0 Å². The van der Waals surface area contributed by atoms with Gasteiger partial charge in [0.15, 0.2) is 0 Å². The van der Waals surface area contributed by atoms with Crippen molar-refractivity contribution in [2.45, 2.75) is 78.6 Å². The molecule has 0 spiro atoms. The molecule has 0 aliphatic heterocycles. The molecule has 9 aromatic carbocycles. The summed E-state index contributed by atoms with van der Waals surface area (Å²) in [5.41, 5.74) is 19.0. The maximum absolute atomic E-state index is 11.5. The predicted molar refractivity (Wildman–Crippen MR) is 326 cm³/mol. The molecule has 1 N–H and O–H groups in total. The summed E-state index contributed by atoms with van der Waals surface area (Å²) >= 11 is 0. The maximum Gasteiger partial charge on any atom is 0.148 e. The number of hydrogen-bond acceptors (Lipinski definition) is 4. The summed E-state index contributed by atoms with van der Waals surface area (Å²) < 4.78 is 4.63. The Morgan fingerprint density at radius 3 is 1.67 bits per heavy atom. The zero-order valence-corrected chi connectivity index (χ0v) is 48.6. The van der Waals surface area contributed by atoms with Gasteiger partial charge in [0.2, 0.25) is 0 Å². The SMILES string of the molecule is CC(C)(C)c1cc(-c2cc(-c3ccc4c5ccccc5n(-c5cccc(N(c6ccccc6)c6ccccc6)c5)c4c3)ccn2)[c-]c(-c2cccc3c2nc(-c2ccccc2O)n3-c2cc(C(C)(C)C)cc(C(C)(C)C)c2)c1.[Pt]. The first kappa shape index (κ1) is 52.7.